The Morgan fingerprint density at radius 3 is 2.90 bits per heavy atom. The number of hydrogen-bond donors (Lipinski definition) is 1. The molecule has 146 valence electrons. The van der Waals surface area contributed by atoms with Gasteiger partial charge in [-0.2, -0.15) is 0 Å². The predicted molar refractivity (Wildman–Crippen MR) is 112 cm³/mol. The lowest BCUT2D eigenvalue weighted by molar-refractivity contribution is 0.0791. The number of methoxy groups -OCH3 is 1. The number of nitrogens with one attached hydrogen (secondary N) is 1. The number of aromatic nitrogens is 1. The summed E-state index contributed by atoms with van der Waals surface area (Å²) in [6, 6.07) is 17.2. The maximum absolute atomic E-state index is 12.7. The number of fused-ring (bicyclic) bond motifs is 3. The quantitative estimate of drug-likeness (QED) is 0.554. The van der Waals surface area contributed by atoms with E-state index in [9.17, 15) is 4.79 Å². The Balaban J connectivity index is 1.31. The van der Waals surface area contributed by atoms with Gasteiger partial charge in [0.05, 0.1) is 24.0 Å². The first kappa shape index (κ1) is 17.8. The van der Waals surface area contributed by atoms with Crippen LogP contribution in [-0.2, 0) is 0 Å². The highest BCUT2D eigenvalue weighted by atomic mass is 32.1. The van der Waals surface area contributed by atoms with E-state index in [0.717, 1.165) is 32.6 Å². The number of carbonyl (C=O) groups excluding carboxylic acids is 1. The lowest BCUT2D eigenvalue weighted by Gasteiger charge is -2.26. The number of para-hydroxylation sites is 2. The minimum atomic E-state index is -0.226. The van der Waals surface area contributed by atoms with E-state index in [1.54, 1.807) is 7.11 Å². The number of nitrogens with zero attached hydrogens (tertiary/aromatic N) is 1. The summed E-state index contributed by atoms with van der Waals surface area (Å²) in [4.78, 5) is 18.8. The number of amides is 1. The predicted octanol–water partition coefficient (Wildman–Crippen LogP) is 4.03. The van der Waals surface area contributed by atoms with Crippen molar-refractivity contribution in [2.75, 3.05) is 20.3 Å². The summed E-state index contributed by atoms with van der Waals surface area (Å²) in [5, 5.41) is 4.90. The van der Waals surface area contributed by atoms with Gasteiger partial charge < -0.3 is 19.5 Å². The number of carbonyl (C=O) groups is 1. The summed E-state index contributed by atoms with van der Waals surface area (Å²) in [6.07, 6.45) is -0.226. The molecule has 1 atom stereocenters. The highest BCUT2D eigenvalue weighted by Crippen LogP contribution is 2.31. The largest absolute Gasteiger partial charge is 0.497 e. The van der Waals surface area contributed by atoms with Gasteiger partial charge in [-0.3, -0.25) is 4.79 Å². The molecule has 3 heterocycles. The summed E-state index contributed by atoms with van der Waals surface area (Å²) >= 11 is 1.37. The van der Waals surface area contributed by atoms with Crippen LogP contribution in [0.5, 0.6) is 17.2 Å². The number of benzene rings is 2. The molecule has 5 rings (SSSR count). The molecular formula is C22H18N2O4S. The summed E-state index contributed by atoms with van der Waals surface area (Å²) in [5.41, 5.74) is 0.845. The second kappa shape index (κ2) is 7.25. The van der Waals surface area contributed by atoms with Crippen molar-refractivity contribution in [3.8, 4) is 17.2 Å². The number of pyridine rings is 1. The van der Waals surface area contributed by atoms with Crippen LogP contribution in [0.2, 0.25) is 0 Å². The van der Waals surface area contributed by atoms with Crippen molar-refractivity contribution in [1.82, 2.24) is 10.3 Å². The summed E-state index contributed by atoms with van der Waals surface area (Å²) < 4.78 is 16.8. The van der Waals surface area contributed by atoms with Crippen LogP contribution in [0.15, 0.2) is 54.6 Å². The molecule has 6 nitrogen and oxygen atoms in total. The standard InChI is InChI=1S/C22H18N2O4S/c1-26-15-7-6-13-8-14-9-20(29-22(14)24-17(13)10-15)21(25)23-11-16-12-27-18-4-2-3-5-19(18)28-16/h2-10,16H,11-12H2,1H3,(H,23,25)/t16-/m1/s1. The Bertz CT molecular complexity index is 1220. The monoisotopic (exact) mass is 406 g/mol. The van der Waals surface area contributed by atoms with Crippen molar-refractivity contribution in [3.63, 3.8) is 0 Å². The molecule has 0 saturated heterocycles. The summed E-state index contributed by atoms with van der Waals surface area (Å²) in [5.74, 6) is 2.05. The maximum Gasteiger partial charge on any atom is 0.261 e. The third-order valence-electron chi connectivity index (χ3n) is 4.79. The summed E-state index contributed by atoms with van der Waals surface area (Å²) in [7, 11) is 1.63. The molecule has 1 N–H and O–H groups in total. The first-order valence-electron chi connectivity index (χ1n) is 9.24. The molecule has 1 aliphatic heterocycles. The van der Waals surface area contributed by atoms with Crippen molar-refractivity contribution in [3.05, 3.63) is 59.5 Å². The van der Waals surface area contributed by atoms with Crippen LogP contribution in [0.4, 0.5) is 0 Å². The fourth-order valence-corrected chi connectivity index (χ4v) is 4.24. The van der Waals surface area contributed by atoms with Gasteiger partial charge in [-0.05, 0) is 36.4 Å². The van der Waals surface area contributed by atoms with Crippen LogP contribution in [-0.4, -0.2) is 37.3 Å². The molecule has 0 radical (unpaired) electrons. The van der Waals surface area contributed by atoms with Gasteiger partial charge in [-0.1, -0.05) is 12.1 Å². The molecule has 1 amide bonds. The van der Waals surface area contributed by atoms with Gasteiger partial charge in [0.25, 0.3) is 5.91 Å². The summed E-state index contributed by atoms with van der Waals surface area (Å²) in [6.45, 7) is 0.770. The number of thiophene rings is 1. The van der Waals surface area contributed by atoms with Crippen molar-refractivity contribution < 1.29 is 19.0 Å². The van der Waals surface area contributed by atoms with Crippen LogP contribution in [0.25, 0.3) is 21.1 Å². The Morgan fingerprint density at radius 1 is 1.17 bits per heavy atom. The smallest absolute Gasteiger partial charge is 0.261 e. The fraction of sp³-hybridized carbons (Fsp3) is 0.182. The molecule has 0 spiro atoms. The average molecular weight is 406 g/mol. The molecule has 0 bridgehead atoms. The van der Waals surface area contributed by atoms with Gasteiger partial charge >= 0.3 is 0 Å². The average Bonchev–Trinajstić information content (AvgIpc) is 3.18. The van der Waals surface area contributed by atoms with E-state index in [1.165, 1.54) is 11.3 Å². The van der Waals surface area contributed by atoms with Crippen molar-refractivity contribution in [2.24, 2.45) is 0 Å². The highest BCUT2D eigenvalue weighted by Gasteiger charge is 2.22. The number of rotatable bonds is 4. The molecule has 0 fully saturated rings. The zero-order valence-corrected chi connectivity index (χ0v) is 16.5. The Morgan fingerprint density at radius 2 is 2.03 bits per heavy atom. The van der Waals surface area contributed by atoms with Crippen LogP contribution >= 0.6 is 11.3 Å². The molecular weight excluding hydrogens is 388 g/mol. The van der Waals surface area contributed by atoms with Crippen LogP contribution < -0.4 is 19.5 Å². The van der Waals surface area contributed by atoms with Gasteiger partial charge in [0.1, 0.15) is 23.3 Å². The zero-order valence-electron chi connectivity index (χ0n) is 15.7. The van der Waals surface area contributed by atoms with Gasteiger partial charge in [-0.15, -0.1) is 11.3 Å². The third-order valence-corrected chi connectivity index (χ3v) is 5.84. The van der Waals surface area contributed by atoms with Gasteiger partial charge in [0.2, 0.25) is 0 Å². The lowest BCUT2D eigenvalue weighted by atomic mass is 10.2. The van der Waals surface area contributed by atoms with Crippen molar-refractivity contribution >= 4 is 38.4 Å². The maximum atomic E-state index is 12.7. The third kappa shape index (κ3) is 3.45. The first-order valence-corrected chi connectivity index (χ1v) is 10.1. The molecule has 7 heteroatoms. The van der Waals surface area contributed by atoms with Gasteiger partial charge in [-0.25, -0.2) is 4.98 Å². The van der Waals surface area contributed by atoms with Crippen LogP contribution in [0.1, 0.15) is 9.67 Å². The van der Waals surface area contributed by atoms with Gasteiger partial charge in [0.15, 0.2) is 11.5 Å². The molecule has 0 saturated carbocycles. The first-order chi connectivity index (χ1) is 14.2. The van der Waals surface area contributed by atoms with E-state index in [1.807, 2.05) is 54.6 Å². The van der Waals surface area contributed by atoms with E-state index in [4.69, 9.17) is 14.2 Å². The fourth-order valence-electron chi connectivity index (χ4n) is 3.30. The lowest BCUT2D eigenvalue weighted by Crippen LogP contribution is -2.40. The van der Waals surface area contributed by atoms with E-state index in [2.05, 4.69) is 10.3 Å². The molecule has 1 aliphatic rings. The molecule has 2 aromatic heterocycles. The van der Waals surface area contributed by atoms with Gasteiger partial charge in [0, 0.05) is 16.8 Å². The normalized spacial score (nSPS) is 15.4. The van der Waals surface area contributed by atoms with Crippen molar-refractivity contribution in [2.45, 2.75) is 6.10 Å². The van der Waals surface area contributed by atoms with E-state index in [0.29, 0.717) is 23.8 Å². The Kier molecular flexibility index (Phi) is 4.44. The second-order valence-electron chi connectivity index (χ2n) is 6.76. The molecule has 4 aromatic rings. The minimum Gasteiger partial charge on any atom is -0.497 e. The van der Waals surface area contributed by atoms with E-state index < -0.39 is 0 Å². The second-order valence-corrected chi connectivity index (χ2v) is 7.79. The Labute approximate surface area is 171 Å². The zero-order chi connectivity index (χ0) is 19.8. The minimum absolute atomic E-state index is 0.142. The van der Waals surface area contributed by atoms with E-state index >= 15 is 0 Å². The number of hydrogen-bond acceptors (Lipinski definition) is 6. The number of ether oxygens (including phenoxy) is 3. The Hall–Kier alpha value is -3.32. The van der Waals surface area contributed by atoms with Crippen molar-refractivity contribution in [1.29, 1.82) is 0 Å². The molecule has 2 aromatic carbocycles. The topological polar surface area (TPSA) is 69.7 Å². The molecule has 0 aliphatic carbocycles. The SMILES string of the molecule is COc1ccc2cc3cc(C(=O)NC[C@@H]4COc5ccccc5O4)sc3nc2c1. The van der Waals surface area contributed by atoms with Crippen LogP contribution in [0.3, 0.4) is 0 Å². The van der Waals surface area contributed by atoms with Crippen LogP contribution in [0, 0.1) is 0 Å². The molecule has 0 unspecified atom stereocenters. The highest BCUT2D eigenvalue weighted by molar-refractivity contribution is 7.20. The molecule has 29 heavy (non-hydrogen) atoms. The van der Waals surface area contributed by atoms with E-state index in [-0.39, 0.29) is 12.0 Å².